The second-order valence-corrected chi connectivity index (χ2v) is 7.73. The number of para-hydroxylation sites is 1. The maximum atomic E-state index is 13.4. The molecule has 0 saturated carbocycles. The van der Waals surface area contributed by atoms with Crippen LogP contribution in [-0.4, -0.2) is 31.6 Å². The molecule has 0 aliphatic carbocycles. The third kappa shape index (κ3) is 3.96. The Hall–Kier alpha value is -3.39. The molecule has 0 saturated heterocycles. The van der Waals surface area contributed by atoms with Crippen LogP contribution in [0.1, 0.15) is 15.9 Å². The minimum Gasteiger partial charge on any atom is -0.497 e. The van der Waals surface area contributed by atoms with E-state index in [1.807, 2.05) is 0 Å². The molecule has 3 rings (SSSR count). The molecule has 0 amide bonds. The second kappa shape index (κ2) is 8.10. The van der Waals surface area contributed by atoms with Crippen molar-refractivity contribution in [3.63, 3.8) is 0 Å². The van der Waals surface area contributed by atoms with Gasteiger partial charge in [-0.2, -0.15) is 0 Å². The number of carbonyl (C=O) groups is 1. The van der Waals surface area contributed by atoms with Crippen LogP contribution in [0.3, 0.4) is 0 Å². The number of methoxy groups -OCH3 is 1. The molecule has 2 aromatic carbocycles. The zero-order valence-electron chi connectivity index (χ0n) is 15.0. The highest BCUT2D eigenvalue weighted by atomic mass is 32.2. The van der Waals surface area contributed by atoms with Crippen LogP contribution < -0.4 is 9.04 Å². The minimum atomic E-state index is -4.05. The summed E-state index contributed by atoms with van der Waals surface area (Å²) in [7, 11) is -2.56. The van der Waals surface area contributed by atoms with Crippen molar-refractivity contribution in [1.82, 2.24) is 4.98 Å². The molecule has 0 unspecified atom stereocenters. The number of nitrogens with zero attached hydrogens (tertiary/aromatic N) is 2. The zero-order valence-corrected chi connectivity index (χ0v) is 15.8. The molecule has 3 aromatic rings. The van der Waals surface area contributed by atoms with Crippen molar-refractivity contribution in [1.29, 1.82) is 0 Å². The summed E-state index contributed by atoms with van der Waals surface area (Å²) in [4.78, 5) is 15.7. The van der Waals surface area contributed by atoms with Crippen molar-refractivity contribution < 1.29 is 23.1 Å². The lowest BCUT2D eigenvalue weighted by Gasteiger charge is -2.26. The summed E-state index contributed by atoms with van der Waals surface area (Å²) in [5.41, 5.74) is 0.595. The Morgan fingerprint density at radius 1 is 1.07 bits per heavy atom. The maximum Gasteiger partial charge on any atom is 0.337 e. The van der Waals surface area contributed by atoms with Gasteiger partial charge in [-0.05, 0) is 48.0 Å². The number of hydrogen-bond donors (Lipinski definition) is 1. The van der Waals surface area contributed by atoms with Gasteiger partial charge in [0.15, 0.2) is 0 Å². The van der Waals surface area contributed by atoms with Crippen molar-refractivity contribution in [3.05, 3.63) is 84.2 Å². The smallest absolute Gasteiger partial charge is 0.337 e. The molecule has 0 bridgehead atoms. The first-order valence-corrected chi connectivity index (χ1v) is 9.75. The van der Waals surface area contributed by atoms with Gasteiger partial charge in [0, 0.05) is 12.4 Å². The number of anilines is 1. The fourth-order valence-electron chi connectivity index (χ4n) is 2.70. The van der Waals surface area contributed by atoms with Gasteiger partial charge in [0.2, 0.25) is 0 Å². The molecule has 7 nitrogen and oxygen atoms in total. The standard InChI is InChI=1S/C20H18N2O5S/c1-27-16-8-10-17(11-9-16)28(25,26)22(14-15-5-4-12-21-13-15)19-7-3-2-6-18(19)20(23)24/h2-13H,14H2,1H3,(H,23,24). The number of hydrogen-bond acceptors (Lipinski definition) is 5. The Balaban J connectivity index is 2.14. The van der Waals surface area contributed by atoms with Crippen molar-refractivity contribution in [2.75, 3.05) is 11.4 Å². The monoisotopic (exact) mass is 398 g/mol. The van der Waals surface area contributed by atoms with Gasteiger partial charge < -0.3 is 9.84 Å². The molecule has 0 aliphatic heterocycles. The van der Waals surface area contributed by atoms with Crippen LogP contribution in [0, 0.1) is 0 Å². The van der Waals surface area contributed by atoms with E-state index in [2.05, 4.69) is 4.98 Å². The summed E-state index contributed by atoms with van der Waals surface area (Å²) < 4.78 is 32.9. The highest BCUT2D eigenvalue weighted by Crippen LogP contribution is 2.29. The van der Waals surface area contributed by atoms with Gasteiger partial charge in [0.25, 0.3) is 10.0 Å². The Kier molecular flexibility index (Phi) is 5.60. The Labute approximate surface area is 162 Å². The van der Waals surface area contributed by atoms with Crippen LogP contribution in [0.25, 0.3) is 0 Å². The van der Waals surface area contributed by atoms with E-state index in [1.54, 1.807) is 36.7 Å². The summed E-state index contributed by atoms with van der Waals surface area (Å²) >= 11 is 0. The van der Waals surface area contributed by atoms with Crippen molar-refractivity contribution in [2.45, 2.75) is 11.4 Å². The lowest BCUT2D eigenvalue weighted by molar-refractivity contribution is 0.0697. The average molecular weight is 398 g/mol. The van der Waals surface area contributed by atoms with Gasteiger partial charge in [-0.1, -0.05) is 18.2 Å². The first-order valence-electron chi connectivity index (χ1n) is 8.31. The fourth-order valence-corrected chi connectivity index (χ4v) is 4.18. The van der Waals surface area contributed by atoms with Crippen LogP contribution in [0.15, 0.2) is 78.0 Å². The quantitative estimate of drug-likeness (QED) is 0.657. The molecule has 0 fully saturated rings. The number of rotatable bonds is 7. The third-order valence-corrected chi connectivity index (χ3v) is 5.87. The number of pyridine rings is 1. The van der Waals surface area contributed by atoms with Crippen molar-refractivity contribution >= 4 is 21.7 Å². The van der Waals surface area contributed by atoms with Crippen LogP contribution >= 0.6 is 0 Å². The summed E-state index contributed by atoms with van der Waals surface area (Å²) in [6.07, 6.45) is 3.12. The maximum absolute atomic E-state index is 13.4. The summed E-state index contributed by atoms with van der Waals surface area (Å²) in [5.74, 6) is -0.694. The molecule has 0 spiro atoms. The predicted octanol–water partition coefficient (Wildman–Crippen LogP) is 3.18. The van der Waals surface area contributed by atoms with Gasteiger partial charge in [-0.3, -0.25) is 9.29 Å². The molecule has 0 atom stereocenters. The first kappa shape index (κ1) is 19.4. The molecule has 1 heterocycles. The third-order valence-electron chi connectivity index (χ3n) is 4.10. The molecule has 0 aliphatic rings. The van der Waals surface area contributed by atoms with E-state index in [-0.39, 0.29) is 22.7 Å². The van der Waals surface area contributed by atoms with E-state index < -0.39 is 16.0 Å². The molecule has 144 valence electrons. The predicted molar refractivity (Wildman–Crippen MR) is 104 cm³/mol. The molecule has 1 aromatic heterocycles. The highest BCUT2D eigenvalue weighted by molar-refractivity contribution is 7.92. The number of aromatic nitrogens is 1. The summed E-state index contributed by atoms with van der Waals surface area (Å²) in [6.45, 7) is -0.0630. The molecular weight excluding hydrogens is 380 g/mol. The van der Waals surface area contributed by atoms with Gasteiger partial charge in [0.1, 0.15) is 5.75 Å². The summed E-state index contributed by atoms with van der Waals surface area (Å²) in [6, 6.07) is 15.3. The van der Waals surface area contributed by atoms with Gasteiger partial charge >= 0.3 is 5.97 Å². The highest BCUT2D eigenvalue weighted by Gasteiger charge is 2.28. The lowest BCUT2D eigenvalue weighted by atomic mass is 10.1. The van der Waals surface area contributed by atoms with E-state index >= 15 is 0 Å². The summed E-state index contributed by atoms with van der Waals surface area (Å²) in [5, 5.41) is 9.53. The second-order valence-electron chi connectivity index (χ2n) is 5.87. The van der Waals surface area contributed by atoms with E-state index in [0.717, 1.165) is 4.31 Å². The van der Waals surface area contributed by atoms with Crippen LogP contribution in [0.4, 0.5) is 5.69 Å². The van der Waals surface area contributed by atoms with Crippen molar-refractivity contribution in [3.8, 4) is 5.75 Å². The SMILES string of the molecule is COc1ccc(S(=O)(=O)N(Cc2cccnc2)c2ccccc2C(=O)O)cc1. The van der Waals surface area contributed by atoms with Crippen LogP contribution in [-0.2, 0) is 16.6 Å². The number of aromatic carboxylic acids is 1. The van der Waals surface area contributed by atoms with Crippen molar-refractivity contribution in [2.24, 2.45) is 0 Å². The largest absolute Gasteiger partial charge is 0.497 e. The van der Waals surface area contributed by atoms with E-state index in [1.165, 1.54) is 43.5 Å². The number of benzene rings is 2. The zero-order chi connectivity index (χ0) is 20.1. The number of ether oxygens (including phenoxy) is 1. The number of carboxylic acid groups (broad SMARTS) is 1. The topological polar surface area (TPSA) is 96.8 Å². The molecule has 8 heteroatoms. The lowest BCUT2D eigenvalue weighted by Crippen LogP contribution is -2.32. The van der Waals surface area contributed by atoms with E-state index in [4.69, 9.17) is 4.74 Å². The molecule has 1 N–H and O–H groups in total. The minimum absolute atomic E-state index is 0.0254. The molecule has 28 heavy (non-hydrogen) atoms. The number of carboxylic acids is 1. The van der Waals surface area contributed by atoms with Gasteiger partial charge in [-0.15, -0.1) is 0 Å². The first-order chi connectivity index (χ1) is 13.4. The Bertz CT molecular complexity index is 1070. The Morgan fingerprint density at radius 2 is 1.79 bits per heavy atom. The fraction of sp³-hybridized carbons (Fsp3) is 0.100. The normalized spacial score (nSPS) is 11.0. The Morgan fingerprint density at radius 3 is 2.39 bits per heavy atom. The number of sulfonamides is 1. The van der Waals surface area contributed by atoms with Crippen LogP contribution in [0.5, 0.6) is 5.75 Å². The average Bonchev–Trinajstić information content (AvgIpc) is 2.72. The van der Waals surface area contributed by atoms with Gasteiger partial charge in [0.05, 0.1) is 29.8 Å². The van der Waals surface area contributed by atoms with E-state index in [9.17, 15) is 18.3 Å². The van der Waals surface area contributed by atoms with Crippen LogP contribution in [0.2, 0.25) is 0 Å². The molecule has 0 radical (unpaired) electrons. The van der Waals surface area contributed by atoms with Gasteiger partial charge in [-0.25, -0.2) is 13.2 Å². The molecular formula is C20H18N2O5S. The van der Waals surface area contributed by atoms with E-state index in [0.29, 0.717) is 11.3 Å².